The number of allylic oxidation sites excluding steroid dienone is 3. The Morgan fingerprint density at radius 3 is 2.52 bits per heavy atom. The second kappa shape index (κ2) is 9.48. The fourth-order valence-corrected chi connectivity index (χ4v) is 4.28. The van der Waals surface area contributed by atoms with Crippen LogP contribution in [0.15, 0.2) is 53.5 Å². The molecule has 0 unspecified atom stereocenters. The third kappa shape index (κ3) is 5.77. The van der Waals surface area contributed by atoms with Gasteiger partial charge in [0, 0.05) is 19.2 Å². The van der Waals surface area contributed by atoms with Gasteiger partial charge in [0.15, 0.2) is 0 Å². The lowest BCUT2D eigenvalue weighted by molar-refractivity contribution is -0.130. The summed E-state index contributed by atoms with van der Waals surface area (Å²) in [5.74, 6) is -1.37. The van der Waals surface area contributed by atoms with Crippen LogP contribution in [0.3, 0.4) is 0 Å². The molecule has 1 aromatic carbocycles. The summed E-state index contributed by atoms with van der Waals surface area (Å²) in [6, 6.07) is 6.65. The summed E-state index contributed by atoms with van der Waals surface area (Å²) in [6.07, 6.45) is 7.45. The molecule has 7 nitrogen and oxygen atoms in total. The number of amides is 2. The van der Waals surface area contributed by atoms with Crippen molar-refractivity contribution in [3.05, 3.63) is 54.1 Å². The molecule has 0 bridgehead atoms. The Labute approximate surface area is 160 Å². The van der Waals surface area contributed by atoms with Crippen LogP contribution < -0.4 is 10.9 Å². The van der Waals surface area contributed by atoms with E-state index in [9.17, 15) is 18.0 Å². The van der Waals surface area contributed by atoms with Crippen molar-refractivity contribution in [1.82, 2.24) is 15.2 Å². The van der Waals surface area contributed by atoms with Gasteiger partial charge in [-0.2, -0.15) is 4.31 Å². The standard InChI is InChI=1S/C19H25N3O4S/c1-3-4-5-8-18(23)20-21-19(24)16-7-6-13-22(14-16)27(25,26)17-11-9-15(2)10-12-17/h3-5,8-12,16H,6-7,13-14H2,1-2H3,(H,20,23)(H,21,24)/b4-3+,8-5+/t16-/m0/s1. The number of benzene rings is 1. The second-order valence-electron chi connectivity index (χ2n) is 6.38. The summed E-state index contributed by atoms with van der Waals surface area (Å²) >= 11 is 0. The monoisotopic (exact) mass is 391 g/mol. The highest BCUT2D eigenvalue weighted by Crippen LogP contribution is 2.24. The Balaban J connectivity index is 1.97. The molecule has 0 aromatic heterocycles. The average molecular weight is 391 g/mol. The van der Waals surface area contributed by atoms with Crippen molar-refractivity contribution in [3.63, 3.8) is 0 Å². The predicted octanol–water partition coefficient (Wildman–Crippen LogP) is 1.68. The van der Waals surface area contributed by atoms with Crippen molar-refractivity contribution in [2.75, 3.05) is 13.1 Å². The van der Waals surface area contributed by atoms with Gasteiger partial charge in [0.1, 0.15) is 0 Å². The van der Waals surface area contributed by atoms with E-state index in [1.807, 2.05) is 13.8 Å². The lowest BCUT2D eigenvalue weighted by Crippen LogP contribution is -2.49. The van der Waals surface area contributed by atoms with Crippen LogP contribution in [0.4, 0.5) is 0 Å². The topological polar surface area (TPSA) is 95.6 Å². The molecule has 2 rings (SSSR count). The summed E-state index contributed by atoms with van der Waals surface area (Å²) in [4.78, 5) is 24.1. The molecule has 1 aliphatic heterocycles. The SMILES string of the molecule is C/C=C/C=C/C(=O)NNC(=O)[C@H]1CCCN(S(=O)(=O)c2ccc(C)cc2)C1. The van der Waals surface area contributed by atoms with Crippen LogP contribution in [-0.2, 0) is 19.6 Å². The maximum atomic E-state index is 12.8. The van der Waals surface area contributed by atoms with Crippen LogP contribution in [0, 0.1) is 12.8 Å². The van der Waals surface area contributed by atoms with Gasteiger partial charge in [-0.25, -0.2) is 8.42 Å². The zero-order chi connectivity index (χ0) is 19.9. The number of hydrazine groups is 1. The minimum Gasteiger partial charge on any atom is -0.273 e. The molecule has 0 aliphatic carbocycles. The second-order valence-corrected chi connectivity index (χ2v) is 8.32. The predicted molar refractivity (Wildman–Crippen MR) is 103 cm³/mol. The minimum atomic E-state index is -3.64. The van der Waals surface area contributed by atoms with Crippen LogP contribution in [0.5, 0.6) is 0 Å². The molecule has 1 aliphatic rings. The highest BCUT2D eigenvalue weighted by Gasteiger charge is 2.33. The van der Waals surface area contributed by atoms with Crippen LogP contribution in [0.25, 0.3) is 0 Å². The van der Waals surface area contributed by atoms with Crippen LogP contribution >= 0.6 is 0 Å². The van der Waals surface area contributed by atoms with Gasteiger partial charge in [-0.15, -0.1) is 0 Å². The van der Waals surface area contributed by atoms with Gasteiger partial charge in [-0.05, 0) is 38.8 Å². The number of hydrogen-bond acceptors (Lipinski definition) is 4. The number of aryl methyl sites for hydroxylation is 1. The van der Waals surface area contributed by atoms with Crippen LogP contribution in [0.2, 0.25) is 0 Å². The number of sulfonamides is 1. The maximum absolute atomic E-state index is 12.8. The molecular weight excluding hydrogens is 366 g/mol. The smallest absolute Gasteiger partial charge is 0.262 e. The lowest BCUT2D eigenvalue weighted by Gasteiger charge is -2.31. The van der Waals surface area contributed by atoms with E-state index in [4.69, 9.17) is 0 Å². The van der Waals surface area contributed by atoms with Gasteiger partial charge in [0.25, 0.3) is 5.91 Å². The molecule has 1 heterocycles. The molecule has 1 atom stereocenters. The lowest BCUT2D eigenvalue weighted by atomic mass is 9.99. The van der Waals surface area contributed by atoms with E-state index in [1.54, 1.807) is 42.5 Å². The van der Waals surface area contributed by atoms with E-state index in [2.05, 4.69) is 10.9 Å². The first-order valence-electron chi connectivity index (χ1n) is 8.80. The molecule has 2 N–H and O–H groups in total. The van der Waals surface area contributed by atoms with Crippen LogP contribution in [-0.4, -0.2) is 37.6 Å². The zero-order valence-corrected chi connectivity index (χ0v) is 16.3. The fraction of sp³-hybridized carbons (Fsp3) is 0.368. The molecule has 1 saturated heterocycles. The normalized spacial score (nSPS) is 18.7. The van der Waals surface area contributed by atoms with Gasteiger partial charge in [-0.1, -0.05) is 35.9 Å². The van der Waals surface area contributed by atoms with Gasteiger partial charge in [0.2, 0.25) is 15.9 Å². The molecule has 1 fully saturated rings. The highest BCUT2D eigenvalue weighted by atomic mass is 32.2. The molecular formula is C19H25N3O4S. The molecule has 8 heteroatoms. The maximum Gasteiger partial charge on any atom is 0.262 e. The average Bonchev–Trinajstić information content (AvgIpc) is 2.67. The van der Waals surface area contributed by atoms with Crippen molar-refractivity contribution >= 4 is 21.8 Å². The third-order valence-corrected chi connectivity index (χ3v) is 6.15. The van der Waals surface area contributed by atoms with E-state index in [0.717, 1.165) is 5.56 Å². The molecule has 2 amide bonds. The third-order valence-electron chi connectivity index (χ3n) is 4.27. The quantitative estimate of drug-likeness (QED) is 0.453. The van der Waals surface area contributed by atoms with Gasteiger partial charge >= 0.3 is 0 Å². The van der Waals surface area contributed by atoms with E-state index < -0.39 is 27.8 Å². The molecule has 1 aromatic rings. The number of hydrogen-bond donors (Lipinski definition) is 2. The van der Waals surface area contributed by atoms with Crippen molar-refractivity contribution < 1.29 is 18.0 Å². The fourth-order valence-electron chi connectivity index (χ4n) is 2.76. The number of carbonyl (C=O) groups excluding carboxylic acids is 2. The Kier molecular flexibility index (Phi) is 7.32. The number of rotatable bonds is 5. The van der Waals surface area contributed by atoms with Crippen molar-refractivity contribution in [3.8, 4) is 0 Å². The van der Waals surface area contributed by atoms with E-state index >= 15 is 0 Å². The Hall–Kier alpha value is -2.45. The van der Waals surface area contributed by atoms with E-state index in [-0.39, 0.29) is 11.4 Å². The number of piperidine rings is 1. The summed E-state index contributed by atoms with van der Waals surface area (Å²) in [5.41, 5.74) is 5.64. The summed E-state index contributed by atoms with van der Waals surface area (Å²) in [5, 5.41) is 0. The first kappa shape index (κ1) is 20.9. The highest BCUT2D eigenvalue weighted by molar-refractivity contribution is 7.89. The number of nitrogens with one attached hydrogen (secondary N) is 2. The Morgan fingerprint density at radius 1 is 1.15 bits per heavy atom. The van der Waals surface area contributed by atoms with Gasteiger partial charge < -0.3 is 0 Å². The van der Waals surface area contributed by atoms with Crippen LogP contribution in [0.1, 0.15) is 25.3 Å². The molecule has 27 heavy (non-hydrogen) atoms. The zero-order valence-electron chi connectivity index (χ0n) is 15.5. The molecule has 0 radical (unpaired) electrons. The Morgan fingerprint density at radius 2 is 1.85 bits per heavy atom. The largest absolute Gasteiger partial charge is 0.273 e. The van der Waals surface area contributed by atoms with Crippen molar-refractivity contribution in [2.24, 2.45) is 5.92 Å². The number of carbonyl (C=O) groups is 2. The van der Waals surface area contributed by atoms with Gasteiger partial charge in [-0.3, -0.25) is 20.4 Å². The summed E-state index contributed by atoms with van der Waals surface area (Å²) < 4.78 is 26.9. The first-order chi connectivity index (χ1) is 12.8. The van der Waals surface area contributed by atoms with Crippen molar-refractivity contribution in [1.29, 1.82) is 0 Å². The Bertz CT molecular complexity index is 829. The molecule has 0 spiro atoms. The molecule has 0 saturated carbocycles. The van der Waals surface area contributed by atoms with E-state index in [1.165, 1.54) is 10.4 Å². The minimum absolute atomic E-state index is 0.0896. The summed E-state index contributed by atoms with van der Waals surface area (Å²) in [7, 11) is -3.64. The number of nitrogens with zero attached hydrogens (tertiary/aromatic N) is 1. The van der Waals surface area contributed by atoms with Crippen molar-refractivity contribution in [2.45, 2.75) is 31.6 Å². The first-order valence-corrected chi connectivity index (χ1v) is 10.2. The molecule has 146 valence electrons. The summed E-state index contributed by atoms with van der Waals surface area (Å²) in [6.45, 7) is 4.17. The van der Waals surface area contributed by atoms with Gasteiger partial charge in [0.05, 0.1) is 10.8 Å². The van der Waals surface area contributed by atoms with E-state index in [0.29, 0.717) is 19.4 Å².